The summed E-state index contributed by atoms with van der Waals surface area (Å²) in [4.78, 5) is 20.0. The predicted octanol–water partition coefficient (Wildman–Crippen LogP) is 4.00. The molecule has 1 saturated heterocycles. The number of likely N-dealkylation sites (tertiary alicyclic amines) is 1. The van der Waals surface area contributed by atoms with Gasteiger partial charge in [-0.3, -0.25) is 14.3 Å². The van der Waals surface area contributed by atoms with Crippen LogP contribution in [0, 0.1) is 5.82 Å². The Morgan fingerprint density at radius 1 is 0.974 bits per heavy atom. The van der Waals surface area contributed by atoms with Crippen LogP contribution in [0.1, 0.15) is 18.4 Å². The van der Waals surface area contributed by atoms with E-state index in [1.165, 1.54) is 29.2 Å². The summed E-state index contributed by atoms with van der Waals surface area (Å²) in [5, 5.41) is 16.1. The first-order chi connectivity index (χ1) is 18.9. The molecule has 0 amide bonds. The first-order valence-electron chi connectivity index (χ1n) is 13.0. The van der Waals surface area contributed by atoms with E-state index in [1.54, 1.807) is 10.7 Å². The fourth-order valence-corrected chi connectivity index (χ4v) is 5.23. The zero-order chi connectivity index (χ0) is 27.0. The van der Waals surface area contributed by atoms with Gasteiger partial charge in [-0.1, -0.05) is 48.5 Å². The molecule has 0 bridgehead atoms. The van der Waals surface area contributed by atoms with Gasteiger partial charge in [0.1, 0.15) is 17.5 Å². The van der Waals surface area contributed by atoms with Crippen molar-refractivity contribution < 1.29 is 9.50 Å². The Hall–Kier alpha value is -4.34. The number of nitrogens with zero attached hydrogens (tertiary/aromatic N) is 5. The summed E-state index contributed by atoms with van der Waals surface area (Å²) < 4.78 is 16.5. The van der Waals surface area contributed by atoms with E-state index in [-0.39, 0.29) is 17.9 Å². The monoisotopic (exact) mass is 524 g/mol. The Balaban J connectivity index is 1.16. The number of hydrogen-bond donors (Lipinski definition) is 2. The number of nitrogens with two attached hydrogens (primary N) is 1. The maximum atomic E-state index is 13.4. The van der Waals surface area contributed by atoms with Gasteiger partial charge in [-0.2, -0.15) is 5.10 Å². The van der Waals surface area contributed by atoms with Gasteiger partial charge < -0.3 is 10.8 Å². The fraction of sp³-hybridized carbons (Fsp3) is 0.233. The molecule has 1 aliphatic rings. The lowest BCUT2D eigenvalue weighted by molar-refractivity contribution is -0.0364. The van der Waals surface area contributed by atoms with Gasteiger partial charge >= 0.3 is 0 Å². The fourth-order valence-electron chi connectivity index (χ4n) is 5.23. The van der Waals surface area contributed by atoms with Crippen LogP contribution in [0.4, 0.5) is 10.1 Å². The lowest BCUT2D eigenvalue weighted by atomic mass is 9.91. The average molecular weight is 525 g/mol. The predicted molar refractivity (Wildman–Crippen MR) is 149 cm³/mol. The molecule has 3 N–H and O–H groups in total. The van der Waals surface area contributed by atoms with Gasteiger partial charge in [0.25, 0.3) is 5.56 Å². The molecule has 0 atom stereocenters. The van der Waals surface area contributed by atoms with Crippen LogP contribution in [-0.4, -0.2) is 48.0 Å². The normalized spacial score (nSPS) is 15.5. The van der Waals surface area contributed by atoms with E-state index in [0.717, 1.165) is 22.4 Å². The van der Waals surface area contributed by atoms with Crippen molar-refractivity contribution >= 4 is 16.7 Å². The Kier molecular flexibility index (Phi) is 6.46. The number of nitrogen functional groups attached to an aromatic ring is 1. The molecule has 1 fully saturated rings. The highest BCUT2D eigenvalue weighted by Crippen LogP contribution is 2.27. The maximum Gasteiger partial charge on any atom is 0.264 e. The van der Waals surface area contributed by atoms with E-state index in [0.29, 0.717) is 49.2 Å². The number of aromatic nitrogens is 4. The molecule has 0 unspecified atom stereocenters. The molecule has 3 aromatic carbocycles. The van der Waals surface area contributed by atoms with Crippen molar-refractivity contribution in [3.8, 4) is 16.8 Å². The molecule has 0 saturated carbocycles. The lowest BCUT2D eigenvalue weighted by Crippen LogP contribution is -2.47. The second-order valence-corrected chi connectivity index (χ2v) is 10.2. The quantitative estimate of drug-likeness (QED) is 0.326. The Morgan fingerprint density at radius 2 is 1.69 bits per heavy atom. The third-order valence-electron chi connectivity index (χ3n) is 7.53. The van der Waals surface area contributed by atoms with Crippen molar-refractivity contribution in [2.45, 2.75) is 31.5 Å². The van der Waals surface area contributed by atoms with Crippen molar-refractivity contribution in [3.63, 3.8) is 0 Å². The highest BCUT2D eigenvalue weighted by molar-refractivity contribution is 5.75. The van der Waals surface area contributed by atoms with Crippen LogP contribution in [0.3, 0.4) is 0 Å². The van der Waals surface area contributed by atoms with Gasteiger partial charge in [0.05, 0.1) is 24.0 Å². The lowest BCUT2D eigenvalue weighted by Gasteiger charge is -2.38. The van der Waals surface area contributed by atoms with E-state index in [4.69, 9.17) is 5.73 Å². The standard InChI is InChI=1S/C30H29FN6O2/c31-24-9-6-23(27(32)16-24)18-35-14-12-30(39,13-15-35)19-36-20-33-28-26(29(36)38)17-34-37(28)25-10-7-22(8-11-25)21-4-2-1-3-5-21/h1-11,16-17,20,39H,12-15,18-19,32H2. The van der Waals surface area contributed by atoms with Gasteiger partial charge in [-0.15, -0.1) is 0 Å². The summed E-state index contributed by atoms with van der Waals surface area (Å²) in [5.41, 5.74) is 9.47. The molecule has 0 spiro atoms. The van der Waals surface area contributed by atoms with E-state index in [1.807, 2.05) is 42.5 Å². The molecule has 5 aromatic rings. The molecule has 8 nitrogen and oxygen atoms in total. The van der Waals surface area contributed by atoms with Crippen molar-refractivity contribution in [1.82, 2.24) is 24.2 Å². The number of hydrogen-bond acceptors (Lipinski definition) is 6. The van der Waals surface area contributed by atoms with Crippen LogP contribution in [0.2, 0.25) is 0 Å². The summed E-state index contributed by atoms with van der Waals surface area (Å²) in [7, 11) is 0. The first kappa shape index (κ1) is 25.0. The van der Waals surface area contributed by atoms with Crippen molar-refractivity contribution in [2.75, 3.05) is 18.8 Å². The van der Waals surface area contributed by atoms with Gasteiger partial charge in [0.15, 0.2) is 5.65 Å². The van der Waals surface area contributed by atoms with Crippen LogP contribution in [0.15, 0.2) is 90.1 Å². The number of rotatable bonds is 6. The number of piperidine rings is 1. The van der Waals surface area contributed by atoms with Gasteiger partial charge in [-0.05, 0) is 53.8 Å². The maximum absolute atomic E-state index is 13.4. The summed E-state index contributed by atoms with van der Waals surface area (Å²) in [5.74, 6) is -0.355. The third kappa shape index (κ3) is 5.06. The molecule has 0 radical (unpaired) electrons. The molecule has 39 heavy (non-hydrogen) atoms. The van der Waals surface area contributed by atoms with E-state index >= 15 is 0 Å². The molecule has 198 valence electrons. The zero-order valence-electron chi connectivity index (χ0n) is 21.4. The Morgan fingerprint density at radius 3 is 2.41 bits per heavy atom. The van der Waals surface area contributed by atoms with E-state index in [2.05, 4.69) is 27.1 Å². The van der Waals surface area contributed by atoms with Gasteiger partial charge in [0.2, 0.25) is 0 Å². The van der Waals surface area contributed by atoms with E-state index < -0.39 is 5.60 Å². The topological polar surface area (TPSA) is 102 Å². The van der Waals surface area contributed by atoms with Crippen LogP contribution in [-0.2, 0) is 13.1 Å². The molecule has 1 aliphatic heterocycles. The molecule has 6 rings (SSSR count). The zero-order valence-corrected chi connectivity index (χ0v) is 21.4. The van der Waals surface area contributed by atoms with Crippen LogP contribution < -0.4 is 11.3 Å². The van der Waals surface area contributed by atoms with Gasteiger partial charge in [0, 0.05) is 25.3 Å². The third-order valence-corrected chi connectivity index (χ3v) is 7.53. The molecule has 9 heteroatoms. The minimum Gasteiger partial charge on any atom is -0.398 e. The van der Waals surface area contributed by atoms with Crippen molar-refractivity contribution in [2.24, 2.45) is 0 Å². The second kappa shape index (κ2) is 10.1. The summed E-state index contributed by atoms with van der Waals surface area (Å²) in [6, 6.07) is 22.5. The SMILES string of the molecule is Nc1cc(F)ccc1CN1CCC(O)(Cn2cnc3c(cnn3-c3ccc(-c4ccccc4)cc3)c2=O)CC1. The van der Waals surface area contributed by atoms with Crippen LogP contribution in [0.25, 0.3) is 27.8 Å². The highest BCUT2D eigenvalue weighted by Gasteiger charge is 2.33. The van der Waals surface area contributed by atoms with Crippen molar-refractivity contribution in [3.05, 3.63) is 107 Å². The highest BCUT2D eigenvalue weighted by atomic mass is 19.1. The Labute approximate surface area is 224 Å². The van der Waals surface area contributed by atoms with Gasteiger partial charge in [-0.25, -0.2) is 14.1 Å². The van der Waals surface area contributed by atoms with Crippen LogP contribution >= 0.6 is 0 Å². The minimum absolute atomic E-state index is 0.151. The van der Waals surface area contributed by atoms with Crippen molar-refractivity contribution in [1.29, 1.82) is 0 Å². The number of anilines is 1. The number of halogens is 1. The first-order valence-corrected chi connectivity index (χ1v) is 13.0. The summed E-state index contributed by atoms with van der Waals surface area (Å²) in [6.45, 7) is 2.00. The molecular weight excluding hydrogens is 495 g/mol. The number of aliphatic hydroxyl groups is 1. The number of benzene rings is 3. The van der Waals surface area contributed by atoms with E-state index in [9.17, 15) is 14.3 Å². The molecule has 3 heterocycles. The molecule has 2 aromatic heterocycles. The smallest absolute Gasteiger partial charge is 0.264 e. The summed E-state index contributed by atoms with van der Waals surface area (Å²) in [6.07, 6.45) is 4.01. The summed E-state index contributed by atoms with van der Waals surface area (Å²) >= 11 is 0. The van der Waals surface area contributed by atoms with Crippen LogP contribution in [0.5, 0.6) is 0 Å². The average Bonchev–Trinajstić information content (AvgIpc) is 3.39. The largest absolute Gasteiger partial charge is 0.398 e. The number of fused-ring (bicyclic) bond motifs is 1. The molecule has 0 aliphatic carbocycles. The molecular formula is C30H29FN6O2. The Bertz CT molecular complexity index is 1670. The second-order valence-electron chi connectivity index (χ2n) is 10.2. The minimum atomic E-state index is -1.03.